The maximum Gasteiger partial charge on any atom is 0.358 e. The topological polar surface area (TPSA) is 64.1 Å². The number of nitrogens with one attached hydrogen (secondary N) is 1. The third-order valence-corrected chi connectivity index (χ3v) is 5.62. The fourth-order valence-corrected chi connectivity index (χ4v) is 4.09. The second-order valence-electron chi connectivity index (χ2n) is 6.63. The van der Waals surface area contributed by atoms with Crippen molar-refractivity contribution in [1.82, 2.24) is 9.97 Å². The minimum Gasteiger partial charge on any atom is -0.461 e. The Balaban J connectivity index is 1.62. The van der Waals surface area contributed by atoms with Gasteiger partial charge in [0, 0.05) is 6.54 Å². The second kappa shape index (κ2) is 9.12. The summed E-state index contributed by atoms with van der Waals surface area (Å²) in [5.74, 6) is 1.42. The molecule has 3 rings (SSSR count). The summed E-state index contributed by atoms with van der Waals surface area (Å²) in [6, 6.07) is 10.8. The number of rotatable bonds is 6. The molecule has 2 atom stereocenters. The predicted molar refractivity (Wildman–Crippen MR) is 105 cm³/mol. The highest BCUT2D eigenvalue weighted by Gasteiger charge is 2.24. The Kier molecular flexibility index (Phi) is 6.61. The lowest BCUT2D eigenvalue weighted by atomic mass is 9.78. The molecule has 0 bridgehead atoms. The number of nitrogens with zero attached hydrogens (tertiary/aromatic N) is 2. The maximum atomic E-state index is 12.0. The average molecular weight is 418 g/mol. The third-order valence-electron chi connectivity index (χ3n) is 4.87. The van der Waals surface area contributed by atoms with E-state index in [-0.39, 0.29) is 5.69 Å². The van der Waals surface area contributed by atoms with Crippen molar-refractivity contribution in [3.05, 3.63) is 52.4 Å². The van der Waals surface area contributed by atoms with Gasteiger partial charge in [0.2, 0.25) is 0 Å². The molecule has 1 heterocycles. The lowest BCUT2D eigenvalue weighted by molar-refractivity contribution is 0.0518. The molecule has 1 fully saturated rings. The highest BCUT2D eigenvalue weighted by molar-refractivity contribution is 9.10. The third kappa shape index (κ3) is 4.61. The van der Waals surface area contributed by atoms with E-state index in [1.165, 1.54) is 37.6 Å². The molecule has 26 heavy (non-hydrogen) atoms. The predicted octanol–water partition coefficient (Wildman–Crippen LogP) is 4.80. The summed E-state index contributed by atoms with van der Waals surface area (Å²) in [4.78, 5) is 20.3. The van der Waals surface area contributed by atoms with Crippen LogP contribution in [0.15, 0.2) is 41.1 Å². The van der Waals surface area contributed by atoms with Gasteiger partial charge in [0.05, 0.1) is 11.1 Å². The van der Waals surface area contributed by atoms with Crippen LogP contribution in [0.25, 0.3) is 0 Å². The van der Waals surface area contributed by atoms with Gasteiger partial charge in [-0.15, -0.1) is 0 Å². The Morgan fingerprint density at radius 1 is 1.27 bits per heavy atom. The Morgan fingerprint density at radius 2 is 2.08 bits per heavy atom. The molecule has 138 valence electrons. The summed E-state index contributed by atoms with van der Waals surface area (Å²) in [5, 5.41) is 3.39. The minimum atomic E-state index is -0.438. The standard InChI is InChI=1S/C20H24BrN3O2/c1-2-26-20(25)18-17(21)19(24-13-23-18)22-12-14-7-6-10-16(11-14)15-8-4-3-5-9-15/h3-5,8-9,13-14,16H,2,6-7,10-12H2,1H3,(H,22,23,24)/t14-,16+/m0/s1. The quantitative estimate of drug-likeness (QED) is 0.683. The number of ether oxygens (including phenoxy) is 1. The van der Waals surface area contributed by atoms with E-state index in [0.29, 0.717) is 28.7 Å². The first-order chi connectivity index (χ1) is 12.7. The smallest absolute Gasteiger partial charge is 0.358 e. The van der Waals surface area contributed by atoms with Crippen LogP contribution >= 0.6 is 15.9 Å². The van der Waals surface area contributed by atoms with Crippen LogP contribution < -0.4 is 5.32 Å². The van der Waals surface area contributed by atoms with E-state index in [1.54, 1.807) is 6.92 Å². The van der Waals surface area contributed by atoms with Crippen LogP contribution in [0.2, 0.25) is 0 Å². The van der Waals surface area contributed by atoms with Gasteiger partial charge in [0.15, 0.2) is 5.69 Å². The second-order valence-corrected chi connectivity index (χ2v) is 7.42. The molecule has 1 aromatic heterocycles. The van der Waals surface area contributed by atoms with Gasteiger partial charge in [0.25, 0.3) is 0 Å². The van der Waals surface area contributed by atoms with Crippen molar-refractivity contribution in [3.8, 4) is 0 Å². The fourth-order valence-electron chi connectivity index (χ4n) is 3.58. The number of benzene rings is 1. The van der Waals surface area contributed by atoms with Crippen LogP contribution in [0, 0.1) is 5.92 Å². The zero-order chi connectivity index (χ0) is 18.4. The van der Waals surface area contributed by atoms with Gasteiger partial charge in [0.1, 0.15) is 12.1 Å². The Bertz CT molecular complexity index is 739. The Labute approximate surface area is 162 Å². The van der Waals surface area contributed by atoms with Gasteiger partial charge >= 0.3 is 5.97 Å². The number of carbonyl (C=O) groups is 1. The van der Waals surface area contributed by atoms with Gasteiger partial charge in [-0.25, -0.2) is 14.8 Å². The zero-order valence-corrected chi connectivity index (χ0v) is 16.5. The number of hydrogen-bond acceptors (Lipinski definition) is 5. The molecular formula is C20H24BrN3O2. The highest BCUT2D eigenvalue weighted by Crippen LogP contribution is 2.36. The van der Waals surface area contributed by atoms with Crippen LogP contribution in [0.4, 0.5) is 5.82 Å². The maximum absolute atomic E-state index is 12.0. The van der Waals surface area contributed by atoms with E-state index in [1.807, 2.05) is 0 Å². The molecule has 0 aliphatic heterocycles. The van der Waals surface area contributed by atoms with E-state index in [0.717, 1.165) is 6.54 Å². The number of anilines is 1. The van der Waals surface area contributed by atoms with Crippen LogP contribution in [0.3, 0.4) is 0 Å². The molecule has 2 aromatic rings. The van der Waals surface area contributed by atoms with E-state index in [9.17, 15) is 4.79 Å². The molecule has 0 amide bonds. The number of aromatic nitrogens is 2. The SMILES string of the molecule is CCOC(=O)c1ncnc(NC[C@H]2CCC[C@@H](c3ccccc3)C2)c1Br. The van der Waals surface area contributed by atoms with E-state index < -0.39 is 5.97 Å². The van der Waals surface area contributed by atoms with E-state index in [4.69, 9.17) is 4.74 Å². The molecule has 0 saturated heterocycles. The summed E-state index contributed by atoms with van der Waals surface area (Å²) in [6.45, 7) is 2.93. The largest absolute Gasteiger partial charge is 0.461 e. The monoisotopic (exact) mass is 417 g/mol. The van der Waals surface area contributed by atoms with Crippen molar-refractivity contribution in [2.45, 2.75) is 38.5 Å². The van der Waals surface area contributed by atoms with Crippen molar-refractivity contribution < 1.29 is 9.53 Å². The van der Waals surface area contributed by atoms with Crippen molar-refractivity contribution in [2.24, 2.45) is 5.92 Å². The van der Waals surface area contributed by atoms with Gasteiger partial charge < -0.3 is 10.1 Å². The van der Waals surface area contributed by atoms with Crippen molar-refractivity contribution >= 4 is 27.7 Å². The normalized spacial score (nSPS) is 19.8. The lowest BCUT2D eigenvalue weighted by Gasteiger charge is -2.29. The molecule has 0 radical (unpaired) electrons. The van der Waals surface area contributed by atoms with Gasteiger partial charge in [-0.1, -0.05) is 36.8 Å². The molecule has 1 N–H and O–H groups in total. The van der Waals surface area contributed by atoms with Crippen LogP contribution in [0.1, 0.15) is 54.6 Å². The summed E-state index contributed by atoms with van der Waals surface area (Å²) in [6.07, 6.45) is 6.27. The number of hydrogen-bond donors (Lipinski definition) is 1. The molecule has 1 saturated carbocycles. The van der Waals surface area contributed by atoms with Crippen LogP contribution in [-0.4, -0.2) is 29.1 Å². The zero-order valence-electron chi connectivity index (χ0n) is 15.0. The molecule has 1 aromatic carbocycles. The van der Waals surface area contributed by atoms with Gasteiger partial charge in [-0.05, 0) is 59.5 Å². The molecule has 0 unspecified atom stereocenters. The Morgan fingerprint density at radius 3 is 2.85 bits per heavy atom. The van der Waals surface area contributed by atoms with Gasteiger partial charge in [-0.3, -0.25) is 0 Å². The molecule has 5 nitrogen and oxygen atoms in total. The van der Waals surface area contributed by atoms with Crippen molar-refractivity contribution in [1.29, 1.82) is 0 Å². The van der Waals surface area contributed by atoms with Crippen LogP contribution in [-0.2, 0) is 4.74 Å². The summed E-state index contributed by atoms with van der Waals surface area (Å²) in [7, 11) is 0. The first-order valence-corrected chi connectivity index (χ1v) is 9.94. The molecule has 0 spiro atoms. The molecule has 6 heteroatoms. The highest BCUT2D eigenvalue weighted by atomic mass is 79.9. The number of halogens is 1. The first kappa shape index (κ1) is 18.8. The first-order valence-electron chi connectivity index (χ1n) is 9.15. The van der Waals surface area contributed by atoms with E-state index in [2.05, 4.69) is 61.5 Å². The molecule has 1 aliphatic carbocycles. The summed E-state index contributed by atoms with van der Waals surface area (Å²) in [5.41, 5.74) is 1.69. The van der Waals surface area contributed by atoms with Gasteiger partial charge in [-0.2, -0.15) is 0 Å². The van der Waals surface area contributed by atoms with Crippen molar-refractivity contribution in [2.75, 3.05) is 18.5 Å². The number of esters is 1. The average Bonchev–Trinajstić information content (AvgIpc) is 2.68. The van der Waals surface area contributed by atoms with Crippen LogP contribution in [0.5, 0.6) is 0 Å². The number of carbonyl (C=O) groups excluding carboxylic acids is 1. The van der Waals surface area contributed by atoms with Crippen molar-refractivity contribution in [3.63, 3.8) is 0 Å². The summed E-state index contributed by atoms with van der Waals surface area (Å²) < 4.78 is 5.60. The molecule has 1 aliphatic rings. The minimum absolute atomic E-state index is 0.259. The fraction of sp³-hybridized carbons (Fsp3) is 0.450. The lowest BCUT2D eigenvalue weighted by Crippen LogP contribution is -2.22. The molecular weight excluding hydrogens is 394 g/mol. The van der Waals surface area contributed by atoms with E-state index >= 15 is 0 Å². The summed E-state index contributed by atoms with van der Waals surface area (Å²) >= 11 is 3.44. The Hall–Kier alpha value is -1.95.